The second-order valence-electron chi connectivity index (χ2n) is 3.11. The molecule has 0 fully saturated rings. The Balaban J connectivity index is -0.000000295. The van der Waals surface area contributed by atoms with E-state index in [2.05, 4.69) is 0 Å². The van der Waals surface area contributed by atoms with E-state index >= 15 is 0 Å². The van der Waals surface area contributed by atoms with Gasteiger partial charge in [0.1, 0.15) is 6.10 Å². The summed E-state index contributed by atoms with van der Waals surface area (Å²) in [6.07, 6.45) is -9.24. The van der Waals surface area contributed by atoms with Gasteiger partial charge in [0.15, 0.2) is 18.3 Å². The summed E-state index contributed by atoms with van der Waals surface area (Å²) in [6.45, 7) is 0. The molecule has 0 radical (unpaired) electrons. The molecule has 0 bridgehead atoms. The first kappa shape index (κ1) is 25.3. The van der Waals surface area contributed by atoms with Crippen molar-refractivity contribution in [2.24, 2.45) is 0 Å². The van der Waals surface area contributed by atoms with Crippen molar-refractivity contribution in [1.82, 2.24) is 0 Å². The molecule has 12 nitrogen and oxygen atoms in total. The molecule has 4 unspecified atom stereocenters. The molecule has 0 aromatic heterocycles. The van der Waals surface area contributed by atoms with Crippen LogP contribution < -0.4 is 56.5 Å². The topological polar surface area (TPSA) is 233 Å². The van der Waals surface area contributed by atoms with Crippen molar-refractivity contribution in [3.63, 3.8) is 0 Å². The Kier molecular flexibility index (Phi) is 14.4. The van der Waals surface area contributed by atoms with Crippen LogP contribution in [0.4, 0.5) is 0 Å². The molecule has 21 heavy (non-hydrogen) atoms. The van der Waals surface area contributed by atoms with Gasteiger partial charge in [-0.15, -0.1) is 0 Å². The van der Waals surface area contributed by atoms with Gasteiger partial charge in [-0.1, -0.05) is 0 Å². The third-order valence-electron chi connectivity index (χ3n) is 1.60. The molecule has 0 aliphatic carbocycles. The van der Waals surface area contributed by atoms with Gasteiger partial charge in [-0.05, 0) is 0 Å². The van der Waals surface area contributed by atoms with E-state index in [1.807, 2.05) is 0 Å². The third kappa shape index (κ3) is 10.7. The number of carboxylic acid groups (broad SMARTS) is 4. The van der Waals surface area contributed by atoms with Crippen molar-refractivity contribution in [1.29, 1.82) is 0 Å². The Bertz CT molecular complexity index is 309. The van der Waals surface area contributed by atoms with E-state index in [1.165, 1.54) is 0 Å². The molecule has 0 amide bonds. The summed E-state index contributed by atoms with van der Waals surface area (Å²) in [4.78, 5) is 38.9. The van der Waals surface area contributed by atoms with Crippen LogP contribution in [0.1, 0.15) is 0 Å². The standard InChI is InChI=1S/2C4H6O6.K/c2*5-1(3(7)8)2(6)4(9)10;/h2*1-2,5-6H,(H,7,8)(H,9,10);/q;;+1/p-1. The fourth-order valence-corrected chi connectivity index (χ4v) is 0.534. The van der Waals surface area contributed by atoms with Crippen molar-refractivity contribution in [2.75, 3.05) is 0 Å². The van der Waals surface area contributed by atoms with E-state index in [4.69, 9.17) is 35.7 Å². The predicted molar refractivity (Wildman–Crippen MR) is 51.9 cm³/mol. The molecule has 0 aromatic carbocycles. The predicted octanol–water partition coefficient (Wildman–Crippen LogP) is -8.58. The molecular formula is C8H11KO12. The Labute approximate surface area is 158 Å². The number of aliphatic hydroxyl groups is 4. The van der Waals surface area contributed by atoms with E-state index in [-0.39, 0.29) is 51.4 Å². The Morgan fingerprint density at radius 3 is 0.905 bits per heavy atom. The molecule has 7 N–H and O–H groups in total. The number of carbonyl (C=O) groups excluding carboxylic acids is 1. The van der Waals surface area contributed by atoms with E-state index in [0.29, 0.717) is 0 Å². The van der Waals surface area contributed by atoms with Gasteiger partial charge in [-0.2, -0.15) is 0 Å². The zero-order chi connectivity index (χ0) is 16.6. The molecule has 0 rings (SSSR count). The number of rotatable bonds is 6. The van der Waals surface area contributed by atoms with Crippen LogP contribution in [0.15, 0.2) is 0 Å². The van der Waals surface area contributed by atoms with Gasteiger partial charge in [0, 0.05) is 0 Å². The number of carboxylic acids is 4. The molecular weight excluding hydrogens is 327 g/mol. The number of hydrogen-bond acceptors (Lipinski definition) is 9. The molecule has 116 valence electrons. The van der Waals surface area contributed by atoms with Crippen LogP contribution in [-0.2, 0) is 19.2 Å². The number of carbonyl (C=O) groups is 4. The minimum Gasteiger partial charge on any atom is -0.547 e. The number of hydrogen-bond donors (Lipinski definition) is 7. The van der Waals surface area contributed by atoms with Crippen molar-refractivity contribution in [2.45, 2.75) is 24.4 Å². The molecule has 13 heteroatoms. The Morgan fingerprint density at radius 1 is 0.619 bits per heavy atom. The van der Waals surface area contributed by atoms with Crippen molar-refractivity contribution in [3.05, 3.63) is 0 Å². The van der Waals surface area contributed by atoms with Gasteiger partial charge in [0.05, 0.1) is 5.97 Å². The van der Waals surface area contributed by atoms with Crippen LogP contribution in [-0.4, -0.2) is 84.0 Å². The first-order chi connectivity index (χ1) is 8.93. The molecule has 0 heterocycles. The summed E-state index contributed by atoms with van der Waals surface area (Å²) in [5.41, 5.74) is 0. The fraction of sp³-hybridized carbons (Fsp3) is 0.500. The average molecular weight is 338 g/mol. The SMILES string of the molecule is O=C(O)C(O)C(O)C(=O)O.O=C([O-])C(O)C(O)C(=O)O.[K+]. The molecule has 0 aliphatic rings. The first-order valence-electron chi connectivity index (χ1n) is 4.55. The Hall–Kier alpha value is -0.644. The van der Waals surface area contributed by atoms with Crippen molar-refractivity contribution in [3.8, 4) is 0 Å². The smallest absolute Gasteiger partial charge is 0.547 e. The molecule has 0 saturated carbocycles. The quantitative estimate of drug-likeness (QED) is 0.224. The van der Waals surface area contributed by atoms with Crippen LogP contribution >= 0.6 is 0 Å². The molecule has 0 aliphatic heterocycles. The van der Waals surface area contributed by atoms with Gasteiger partial charge >= 0.3 is 69.3 Å². The normalized spacial score (nSPS) is 15.0. The monoisotopic (exact) mass is 338 g/mol. The maximum absolute atomic E-state index is 9.77. The second kappa shape index (κ2) is 12.0. The van der Waals surface area contributed by atoms with Crippen LogP contribution in [0.5, 0.6) is 0 Å². The Morgan fingerprint density at radius 2 is 0.810 bits per heavy atom. The number of aliphatic carboxylic acids is 4. The van der Waals surface area contributed by atoms with E-state index in [1.54, 1.807) is 0 Å². The second-order valence-corrected chi connectivity index (χ2v) is 3.11. The fourth-order valence-electron chi connectivity index (χ4n) is 0.534. The van der Waals surface area contributed by atoms with Gasteiger partial charge < -0.3 is 45.6 Å². The maximum atomic E-state index is 9.77. The van der Waals surface area contributed by atoms with Crippen LogP contribution in [0.3, 0.4) is 0 Å². The summed E-state index contributed by atoms with van der Waals surface area (Å²) >= 11 is 0. The van der Waals surface area contributed by atoms with Crippen molar-refractivity contribution < 1.29 is 111 Å². The van der Waals surface area contributed by atoms with Crippen molar-refractivity contribution >= 4 is 23.9 Å². The molecule has 0 saturated heterocycles. The summed E-state index contributed by atoms with van der Waals surface area (Å²) in [5.74, 6) is -7.36. The summed E-state index contributed by atoms with van der Waals surface area (Å²) in [7, 11) is 0. The average Bonchev–Trinajstić information content (AvgIpc) is 2.35. The van der Waals surface area contributed by atoms with Gasteiger partial charge in [-0.3, -0.25) is 0 Å². The minimum atomic E-state index is -2.38. The van der Waals surface area contributed by atoms with Gasteiger partial charge in [0.25, 0.3) is 0 Å². The van der Waals surface area contributed by atoms with Crippen LogP contribution in [0, 0.1) is 0 Å². The van der Waals surface area contributed by atoms with E-state index < -0.39 is 48.3 Å². The third-order valence-corrected chi connectivity index (χ3v) is 1.60. The van der Waals surface area contributed by atoms with Crippen LogP contribution in [0.25, 0.3) is 0 Å². The number of aliphatic hydroxyl groups excluding tert-OH is 4. The zero-order valence-electron chi connectivity index (χ0n) is 10.5. The first-order valence-corrected chi connectivity index (χ1v) is 4.55. The van der Waals surface area contributed by atoms with Gasteiger partial charge in [-0.25, -0.2) is 14.4 Å². The minimum absolute atomic E-state index is 0. The van der Waals surface area contributed by atoms with E-state index in [9.17, 15) is 24.3 Å². The van der Waals surface area contributed by atoms with Gasteiger partial charge in [0.2, 0.25) is 0 Å². The zero-order valence-corrected chi connectivity index (χ0v) is 13.6. The summed E-state index contributed by atoms with van der Waals surface area (Å²) < 4.78 is 0. The molecule has 0 aromatic rings. The molecule has 4 atom stereocenters. The summed E-state index contributed by atoms with van der Waals surface area (Å²) in [6, 6.07) is 0. The largest absolute Gasteiger partial charge is 1.00 e. The summed E-state index contributed by atoms with van der Waals surface area (Å²) in [5, 5.41) is 66.7. The molecule has 0 spiro atoms. The van der Waals surface area contributed by atoms with E-state index in [0.717, 1.165) is 0 Å². The van der Waals surface area contributed by atoms with Crippen LogP contribution in [0.2, 0.25) is 0 Å². The maximum Gasteiger partial charge on any atom is 1.00 e.